The van der Waals surface area contributed by atoms with Crippen LogP contribution < -0.4 is 9.47 Å². The molecule has 1 aromatic carbocycles. The molecule has 16 heavy (non-hydrogen) atoms. The number of methoxy groups -OCH3 is 2. The minimum Gasteiger partial charge on any atom is -0.493 e. The van der Waals surface area contributed by atoms with Gasteiger partial charge in [0.15, 0.2) is 11.5 Å². The molecule has 0 bridgehead atoms. The fourth-order valence-electron chi connectivity index (χ4n) is 1.92. The number of aliphatic hydroxyl groups is 1. The summed E-state index contributed by atoms with van der Waals surface area (Å²) in [6.07, 6.45) is 1.94. The Morgan fingerprint density at radius 2 is 1.81 bits per heavy atom. The molecular weight excluding hydrogens is 228 g/mol. The monoisotopic (exact) mass is 242 g/mol. The lowest BCUT2D eigenvalue weighted by atomic mass is 9.96. The Morgan fingerprint density at radius 1 is 1.25 bits per heavy atom. The minimum atomic E-state index is -0.156. The molecule has 2 rings (SSSR count). The molecule has 4 heteroatoms. The summed E-state index contributed by atoms with van der Waals surface area (Å²) in [5.74, 6) is 1.27. The fraction of sp³-hybridized carbons (Fsp3) is 0.500. The van der Waals surface area contributed by atoms with Gasteiger partial charge in [0, 0.05) is 16.5 Å². The van der Waals surface area contributed by atoms with Gasteiger partial charge in [-0.15, -0.1) is 0 Å². The molecule has 0 aromatic heterocycles. The van der Waals surface area contributed by atoms with E-state index in [-0.39, 0.29) is 12.0 Å². The Kier molecular flexibility index (Phi) is 3.00. The van der Waals surface area contributed by atoms with Crippen LogP contribution in [0.1, 0.15) is 18.4 Å². The summed E-state index contributed by atoms with van der Waals surface area (Å²) in [5.41, 5.74) is 0.797. The van der Waals surface area contributed by atoms with E-state index in [0.29, 0.717) is 16.5 Å². The molecule has 0 unspecified atom stereocenters. The van der Waals surface area contributed by atoms with Crippen LogP contribution in [0.3, 0.4) is 0 Å². The highest BCUT2D eigenvalue weighted by molar-refractivity contribution is 6.31. The maximum absolute atomic E-state index is 9.39. The van der Waals surface area contributed by atoms with Crippen molar-refractivity contribution >= 4 is 11.6 Å². The molecule has 0 saturated heterocycles. The van der Waals surface area contributed by atoms with Crippen molar-refractivity contribution in [1.29, 1.82) is 0 Å². The van der Waals surface area contributed by atoms with Crippen LogP contribution >= 0.6 is 11.6 Å². The Bertz CT molecular complexity index is 399. The molecule has 1 aromatic rings. The number of rotatable bonds is 4. The van der Waals surface area contributed by atoms with Crippen molar-refractivity contribution in [3.63, 3.8) is 0 Å². The first-order valence-corrected chi connectivity index (χ1v) is 5.57. The van der Waals surface area contributed by atoms with Crippen LogP contribution in [0.2, 0.25) is 5.02 Å². The highest BCUT2D eigenvalue weighted by atomic mass is 35.5. The second-order valence-corrected chi connectivity index (χ2v) is 4.53. The molecule has 0 aliphatic heterocycles. The highest BCUT2D eigenvalue weighted by Gasteiger charge is 2.45. The molecule has 0 amide bonds. The van der Waals surface area contributed by atoms with E-state index in [2.05, 4.69) is 0 Å². The van der Waals surface area contributed by atoms with Gasteiger partial charge in [0.25, 0.3) is 0 Å². The van der Waals surface area contributed by atoms with Gasteiger partial charge in [-0.2, -0.15) is 0 Å². The van der Waals surface area contributed by atoms with Gasteiger partial charge in [-0.25, -0.2) is 0 Å². The van der Waals surface area contributed by atoms with Crippen LogP contribution in [0, 0.1) is 0 Å². The molecular formula is C12H15ClO3. The van der Waals surface area contributed by atoms with Crippen molar-refractivity contribution in [2.75, 3.05) is 20.8 Å². The van der Waals surface area contributed by atoms with E-state index in [4.69, 9.17) is 21.1 Å². The molecule has 0 radical (unpaired) electrons. The molecule has 1 saturated carbocycles. The zero-order chi connectivity index (χ0) is 11.8. The highest BCUT2D eigenvalue weighted by Crippen LogP contribution is 2.52. The average Bonchev–Trinajstić information content (AvgIpc) is 3.09. The molecule has 0 spiro atoms. The molecule has 88 valence electrons. The van der Waals surface area contributed by atoms with Gasteiger partial charge < -0.3 is 14.6 Å². The first kappa shape index (κ1) is 11.6. The van der Waals surface area contributed by atoms with E-state index in [1.807, 2.05) is 6.07 Å². The van der Waals surface area contributed by atoms with Crippen LogP contribution in [0.25, 0.3) is 0 Å². The fourth-order valence-corrected chi connectivity index (χ4v) is 2.28. The predicted molar refractivity (Wildman–Crippen MR) is 62.6 cm³/mol. The van der Waals surface area contributed by atoms with Gasteiger partial charge in [0.2, 0.25) is 0 Å². The van der Waals surface area contributed by atoms with E-state index in [1.54, 1.807) is 20.3 Å². The number of benzene rings is 1. The average molecular weight is 243 g/mol. The van der Waals surface area contributed by atoms with E-state index in [9.17, 15) is 5.11 Å². The largest absolute Gasteiger partial charge is 0.493 e. The van der Waals surface area contributed by atoms with Crippen LogP contribution in [-0.2, 0) is 5.41 Å². The Morgan fingerprint density at radius 3 is 2.25 bits per heavy atom. The molecule has 1 N–H and O–H groups in total. The summed E-state index contributed by atoms with van der Waals surface area (Å²) in [5, 5.41) is 10.0. The van der Waals surface area contributed by atoms with Crippen molar-refractivity contribution in [2.45, 2.75) is 18.3 Å². The first-order chi connectivity index (χ1) is 7.66. The van der Waals surface area contributed by atoms with Crippen LogP contribution in [-0.4, -0.2) is 25.9 Å². The quantitative estimate of drug-likeness (QED) is 0.881. The molecule has 1 aliphatic carbocycles. The molecule has 1 aliphatic rings. The van der Waals surface area contributed by atoms with Crippen molar-refractivity contribution < 1.29 is 14.6 Å². The SMILES string of the molecule is COc1cc(Cl)c(C2(CO)CC2)cc1OC. The molecule has 0 atom stereocenters. The van der Waals surface area contributed by atoms with Crippen molar-refractivity contribution in [2.24, 2.45) is 0 Å². The van der Waals surface area contributed by atoms with Gasteiger partial charge in [-0.3, -0.25) is 0 Å². The smallest absolute Gasteiger partial charge is 0.162 e. The summed E-state index contributed by atoms with van der Waals surface area (Å²) >= 11 is 6.19. The van der Waals surface area contributed by atoms with Crippen LogP contribution in [0.5, 0.6) is 11.5 Å². The number of aliphatic hydroxyl groups excluding tert-OH is 1. The number of ether oxygens (including phenoxy) is 2. The second-order valence-electron chi connectivity index (χ2n) is 4.13. The van der Waals surface area contributed by atoms with Gasteiger partial charge in [0.1, 0.15) is 0 Å². The lowest BCUT2D eigenvalue weighted by Crippen LogP contribution is -2.12. The van der Waals surface area contributed by atoms with Crippen molar-refractivity contribution in [1.82, 2.24) is 0 Å². The molecule has 0 heterocycles. The van der Waals surface area contributed by atoms with Crippen molar-refractivity contribution in [3.8, 4) is 11.5 Å². The summed E-state index contributed by atoms with van der Waals surface area (Å²) in [4.78, 5) is 0. The Balaban J connectivity index is 2.47. The standard InChI is InChI=1S/C12H15ClO3/c1-15-10-5-8(12(7-14)3-4-12)9(13)6-11(10)16-2/h5-6,14H,3-4,7H2,1-2H3. The van der Waals surface area contributed by atoms with E-state index in [0.717, 1.165) is 18.4 Å². The topological polar surface area (TPSA) is 38.7 Å². The summed E-state index contributed by atoms with van der Waals surface area (Å²) in [7, 11) is 3.17. The third kappa shape index (κ3) is 1.74. The second kappa shape index (κ2) is 4.15. The van der Waals surface area contributed by atoms with Crippen molar-refractivity contribution in [3.05, 3.63) is 22.7 Å². The Hall–Kier alpha value is -0.930. The summed E-state index contributed by atoms with van der Waals surface area (Å²) < 4.78 is 10.4. The maximum Gasteiger partial charge on any atom is 0.162 e. The number of hydrogen-bond acceptors (Lipinski definition) is 3. The van der Waals surface area contributed by atoms with Crippen LogP contribution in [0.15, 0.2) is 12.1 Å². The number of halogens is 1. The summed E-state index contributed by atoms with van der Waals surface area (Å²) in [6.45, 7) is 0.127. The minimum absolute atomic E-state index is 0.127. The predicted octanol–water partition coefficient (Wildman–Crippen LogP) is 2.38. The van der Waals surface area contributed by atoms with Gasteiger partial charge in [-0.1, -0.05) is 11.6 Å². The maximum atomic E-state index is 9.39. The third-order valence-corrected chi connectivity index (χ3v) is 3.51. The third-order valence-electron chi connectivity index (χ3n) is 3.20. The summed E-state index contributed by atoms with van der Waals surface area (Å²) in [6, 6.07) is 3.61. The lowest BCUT2D eigenvalue weighted by molar-refractivity contribution is 0.254. The molecule has 3 nitrogen and oxygen atoms in total. The normalized spacial score (nSPS) is 17.0. The van der Waals surface area contributed by atoms with E-state index >= 15 is 0 Å². The van der Waals surface area contributed by atoms with E-state index < -0.39 is 0 Å². The number of hydrogen-bond donors (Lipinski definition) is 1. The zero-order valence-corrected chi connectivity index (χ0v) is 10.2. The zero-order valence-electron chi connectivity index (χ0n) is 9.42. The van der Waals surface area contributed by atoms with Gasteiger partial charge in [-0.05, 0) is 24.5 Å². The van der Waals surface area contributed by atoms with Gasteiger partial charge >= 0.3 is 0 Å². The lowest BCUT2D eigenvalue weighted by Gasteiger charge is -2.17. The molecule has 1 fully saturated rings. The first-order valence-electron chi connectivity index (χ1n) is 5.20. The van der Waals surface area contributed by atoms with E-state index in [1.165, 1.54) is 0 Å². The van der Waals surface area contributed by atoms with Crippen LogP contribution in [0.4, 0.5) is 0 Å². The Labute approximate surface area is 99.9 Å². The van der Waals surface area contributed by atoms with Gasteiger partial charge in [0.05, 0.1) is 20.8 Å².